The van der Waals surface area contributed by atoms with E-state index in [-0.39, 0.29) is 18.0 Å². The van der Waals surface area contributed by atoms with Gasteiger partial charge >= 0.3 is 5.97 Å². The fourth-order valence-corrected chi connectivity index (χ4v) is 2.22. The number of hydrogen-bond acceptors (Lipinski definition) is 3. The van der Waals surface area contributed by atoms with Gasteiger partial charge in [0.05, 0.1) is 5.56 Å². The molecule has 2 rings (SSSR count). The van der Waals surface area contributed by atoms with Crippen molar-refractivity contribution in [3.8, 4) is 0 Å². The molecular weight excluding hydrogens is 246 g/mol. The molecule has 2 N–H and O–H groups in total. The van der Waals surface area contributed by atoms with Crippen LogP contribution < -0.4 is 0 Å². The summed E-state index contributed by atoms with van der Waals surface area (Å²) >= 11 is 0. The molecule has 1 aromatic carbocycles. The molecule has 0 aliphatic rings. The molecule has 0 fully saturated rings. The van der Waals surface area contributed by atoms with E-state index in [2.05, 4.69) is 0 Å². The highest BCUT2D eigenvalue weighted by Gasteiger charge is 2.18. The lowest BCUT2D eigenvalue weighted by Crippen LogP contribution is -2.00. The van der Waals surface area contributed by atoms with E-state index in [9.17, 15) is 14.7 Å². The van der Waals surface area contributed by atoms with Gasteiger partial charge in [-0.15, -0.1) is 0 Å². The Morgan fingerprint density at radius 2 is 2.00 bits per heavy atom. The van der Waals surface area contributed by atoms with Crippen LogP contribution in [0.5, 0.6) is 0 Å². The van der Waals surface area contributed by atoms with Crippen LogP contribution in [0.25, 0.3) is 10.9 Å². The molecule has 5 heteroatoms. The normalized spacial score (nSPS) is 10.8. The van der Waals surface area contributed by atoms with Crippen molar-refractivity contribution < 1.29 is 19.8 Å². The molecular formula is C14H15NO4. The summed E-state index contributed by atoms with van der Waals surface area (Å²) in [5.74, 6) is -1.21. The Hall–Kier alpha value is -2.14. The van der Waals surface area contributed by atoms with E-state index < -0.39 is 5.97 Å². The number of carboxylic acids is 1. The van der Waals surface area contributed by atoms with Gasteiger partial charge in [0.2, 0.25) is 0 Å². The number of benzene rings is 1. The van der Waals surface area contributed by atoms with E-state index >= 15 is 0 Å². The predicted molar refractivity (Wildman–Crippen MR) is 70.6 cm³/mol. The van der Waals surface area contributed by atoms with Crippen LogP contribution in [0.1, 0.15) is 34.1 Å². The van der Waals surface area contributed by atoms with Crippen molar-refractivity contribution in [3.05, 3.63) is 35.5 Å². The number of aryl methyl sites for hydroxylation is 1. The zero-order valence-electron chi connectivity index (χ0n) is 10.6. The van der Waals surface area contributed by atoms with E-state index in [1.54, 1.807) is 18.3 Å². The number of aliphatic hydroxyl groups excluding tert-OH is 1. The molecule has 0 saturated heterocycles. The molecule has 19 heavy (non-hydrogen) atoms. The second-order valence-corrected chi connectivity index (χ2v) is 4.37. The molecule has 1 aromatic heterocycles. The number of aromatic nitrogens is 1. The van der Waals surface area contributed by atoms with E-state index in [1.165, 1.54) is 13.0 Å². The Labute approximate surface area is 110 Å². The van der Waals surface area contributed by atoms with Crippen LogP contribution >= 0.6 is 0 Å². The van der Waals surface area contributed by atoms with Gasteiger partial charge in [-0.25, -0.2) is 4.79 Å². The van der Waals surface area contributed by atoms with Crippen LogP contribution in [-0.2, 0) is 6.54 Å². The standard InChI is InChI=1S/C14H15NO4/c1-9(17)11-8-15(6-3-7-16)12-5-2-4-10(13(11)12)14(18)19/h2,4-5,8,16H,3,6-7H2,1H3,(H,18,19). The van der Waals surface area contributed by atoms with Crippen molar-refractivity contribution in [2.24, 2.45) is 0 Å². The van der Waals surface area contributed by atoms with Crippen LogP contribution in [0.2, 0.25) is 0 Å². The smallest absolute Gasteiger partial charge is 0.336 e. The molecule has 0 bridgehead atoms. The number of Topliss-reactive ketones (excluding diaryl/α,β-unsaturated/α-hetero) is 1. The summed E-state index contributed by atoms with van der Waals surface area (Å²) in [6, 6.07) is 4.93. The minimum atomic E-state index is -1.05. The van der Waals surface area contributed by atoms with Crippen LogP contribution in [0.4, 0.5) is 0 Å². The monoisotopic (exact) mass is 261 g/mol. The number of fused-ring (bicyclic) bond motifs is 1. The van der Waals surface area contributed by atoms with Gasteiger partial charge in [0.25, 0.3) is 0 Å². The van der Waals surface area contributed by atoms with Crippen molar-refractivity contribution >= 4 is 22.7 Å². The summed E-state index contributed by atoms with van der Waals surface area (Å²) in [6.07, 6.45) is 2.22. The molecule has 0 aliphatic carbocycles. The first-order valence-corrected chi connectivity index (χ1v) is 6.03. The average molecular weight is 261 g/mol. The number of ketones is 1. The molecule has 0 radical (unpaired) electrons. The number of aromatic carboxylic acids is 1. The Morgan fingerprint density at radius 1 is 1.26 bits per heavy atom. The van der Waals surface area contributed by atoms with Crippen molar-refractivity contribution in [2.75, 3.05) is 6.61 Å². The topological polar surface area (TPSA) is 79.5 Å². The minimum absolute atomic E-state index is 0.0493. The number of aliphatic hydroxyl groups is 1. The van der Waals surface area contributed by atoms with Crippen molar-refractivity contribution in [1.82, 2.24) is 4.57 Å². The molecule has 0 atom stereocenters. The summed E-state index contributed by atoms with van der Waals surface area (Å²) in [6.45, 7) is 2.01. The van der Waals surface area contributed by atoms with Gasteiger partial charge in [-0.3, -0.25) is 4.79 Å². The SMILES string of the molecule is CC(=O)c1cn(CCCO)c2cccc(C(=O)O)c12. The third kappa shape index (κ3) is 2.37. The van der Waals surface area contributed by atoms with Gasteiger partial charge in [-0.05, 0) is 25.5 Å². The quantitative estimate of drug-likeness (QED) is 0.806. The van der Waals surface area contributed by atoms with Gasteiger partial charge < -0.3 is 14.8 Å². The van der Waals surface area contributed by atoms with E-state index in [0.29, 0.717) is 29.4 Å². The Kier molecular flexibility index (Phi) is 3.66. The second-order valence-electron chi connectivity index (χ2n) is 4.37. The molecule has 2 aromatic rings. The lowest BCUT2D eigenvalue weighted by Gasteiger charge is -2.04. The van der Waals surface area contributed by atoms with Crippen LogP contribution in [0.15, 0.2) is 24.4 Å². The third-order valence-corrected chi connectivity index (χ3v) is 3.07. The first-order valence-electron chi connectivity index (χ1n) is 6.03. The summed E-state index contributed by atoms with van der Waals surface area (Å²) in [5, 5.41) is 18.6. The highest BCUT2D eigenvalue weighted by molar-refractivity contribution is 6.14. The largest absolute Gasteiger partial charge is 0.478 e. The summed E-state index contributed by atoms with van der Waals surface area (Å²) in [4.78, 5) is 22.9. The van der Waals surface area contributed by atoms with Crippen LogP contribution in [-0.4, -0.2) is 33.1 Å². The van der Waals surface area contributed by atoms with Crippen molar-refractivity contribution in [2.45, 2.75) is 19.9 Å². The Bertz CT molecular complexity index is 642. The Morgan fingerprint density at radius 3 is 2.58 bits per heavy atom. The third-order valence-electron chi connectivity index (χ3n) is 3.07. The molecule has 100 valence electrons. The average Bonchev–Trinajstić information content (AvgIpc) is 2.75. The molecule has 5 nitrogen and oxygen atoms in total. The molecule has 0 amide bonds. The van der Waals surface area contributed by atoms with Crippen LogP contribution in [0.3, 0.4) is 0 Å². The Balaban J connectivity index is 2.71. The van der Waals surface area contributed by atoms with Gasteiger partial charge in [0.15, 0.2) is 5.78 Å². The lowest BCUT2D eigenvalue weighted by molar-refractivity contribution is 0.0699. The number of nitrogens with zero attached hydrogens (tertiary/aromatic N) is 1. The predicted octanol–water partition coefficient (Wildman–Crippen LogP) is 1.92. The molecule has 0 aliphatic heterocycles. The number of carboxylic acid groups (broad SMARTS) is 1. The fraction of sp³-hybridized carbons (Fsp3) is 0.286. The second kappa shape index (κ2) is 5.24. The highest BCUT2D eigenvalue weighted by atomic mass is 16.4. The van der Waals surface area contributed by atoms with Gasteiger partial charge in [0.1, 0.15) is 0 Å². The number of rotatable bonds is 5. The fourth-order valence-electron chi connectivity index (χ4n) is 2.22. The van der Waals surface area contributed by atoms with Gasteiger partial charge in [-0.1, -0.05) is 6.07 Å². The van der Waals surface area contributed by atoms with E-state index in [0.717, 1.165) is 0 Å². The zero-order chi connectivity index (χ0) is 14.0. The maximum absolute atomic E-state index is 11.7. The first kappa shape index (κ1) is 13.3. The summed E-state index contributed by atoms with van der Waals surface area (Å²) < 4.78 is 1.81. The summed E-state index contributed by atoms with van der Waals surface area (Å²) in [5.41, 5.74) is 1.25. The number of carbonyl (C=O) groups excluding carboxylic acids is 1. The molecule has 0 saturated carbocycles. The molecule has 0 spiro atoms. The van der Waals surface area contributed by atoms with Crippen molar-refractivity contribution in [3.63, 3.8) is 0 Å². The maximum Gasteiger partial charge on any atom is 0.336 e. The number of carbonyl (C=O) groups is 2. The molecule has 1 heterocycles. The minimum Gasteiger partial charge on any atom is -0.478 e. The van der Waals surface area contributed by atoms with Gasteiger partial charge in [-0.2, -0.15) is 0 Å². The van der Waals surface area contributed by atoms with E-state index in [1.807, 2.05) is 4.57 Å². The lowest BCUT2D eigenvalue weighted by atomic mass is 10.0. The molecule has 0 unspecified atom stereocenters. The number of hydrogen-bond donors (Lipinski definition) is 2. The highest BCUT2D eigenvalue weighted by Crippen LogP contribution is 2.26. The van der Waals surface area contributed by atoms with Crippen LogP contribution in [0, 0.1) is 0 Å². The summed E-state index contributed by atoms with van der Waals surface area (Å²) in [7, 11) is 0. The maximum atomic E-state index is 11.7. The van der Waals surface area contributed by atoms with E-state index in [4.69, 9.17) is 5.11 Å². The first-order chi connectivity index (χ1) is 9.06. The van der Waals surface area contributed by atoms with Gasteiger partial charge in [0, 0.05) is 35.8 Å². The van der Waals surface area contributed by atoms with Crippen molar-refractivity contribution in [1.29, 1.82) is 0 Å². The zero-order valence-corrected chi connectivity index (χ0v) is 10.6.